The SMILES string of the molecule is Cc1[nH]ncc1CCCNC(=O)c1cc(Br)ccc1Br. The second kappa shape index (κ2) is 7.04. The molecular formula is C14H15Br2N3O. The summed E-state index contributed by atoms with van der Waals surface area (Å²) in [7, 11) is 0. The molecule has 0 saturated carbocycles. The molecule has 0 aliphatic rings. The van der Waals surface area contributed by atoms with Crippen LogP contribution < -0.4 is 5.32 Å². The van der Waals surface area contributed by atoms with Crippen LogP contribution in [0.2, 0.25) is 0 Å². The number of aromatic amines is 1. The summed E-state index contributed by atoms with van der Waals surface area (Å²) in [5, 5.41) is 9.82. The van der Waals surface area contributed by atoms with E-state index in [4.69, 9.17) is 0 Å². The molecule has 2 aromatic rings. The van der Waals surface area contributed by atoms with E-state index in [9.17, 15) is 4.79 Å². The average Bonchev–Trinajstić information content (AvgIpc) is 2.83. The summed E-state index contributed by atoms with van der Waals surface area (Å²) in [5.74, 6) is -0.0675. The number of amides is 1. The summed E-state index contributed by atoms with van der Waals surface area (Å²) in [4.78, 5) is 12.1. The molecular weight excluding hydrogens is 386 g/mol. The molecule has 2 rings (SSSR count). The zero-order valence-corrected chi connectivity index (χ0v) is 14.2. The van der Waals surface area contributed by atoms with Gasteiger partial charge in [-0.15, -0.1) is 0 Å². The zero-order valence-electron chi connectivity index (χ0n) is 11.0. The van der Waals surface area contributed by atoms with E-state index in [1.54, 1.807) is 6.07 Å². The maximum atomic E-state index is 12.1. The van der Waals surface area contributed by atoms with Gasteiger partial charge in [-0.3, -0.25) is 9.89 Å². The molecule has 1 amide bonds. The molecule has 1 aromatic carbocycles. The highest BCUT2D eigenvalue weighted by atomic mass is 79.9. The molecule has 0 atom stereocenters. The minimum absolute atomic E-state index is 0.0675. The van der Waals surface area contributed by atoms with Gasteiger partial charge >= 0.3 is 0 Å². The summed E-state index contributed by atoms with van der Waals surface area (Å²) < 4.78 is 1.68. The van der Waals surface area contributed by atoms with E-state index in [1.807, 2.05) is 25.3 Å². The Labute approximate surface area is 134 Å². The summed E-state index contributed by atoms with van der Waals surface area (Å²) in [6, 6.07) is 5.55. The van der Waals surface area contributed by atoms with Crippen LogP contribution >= 0.6 is 31.9 Å². The van der Waals surface area contributed by atoms with E-state index in [1.165, 1.54) is 5.56 Å². The van der Waals surface area contributed by atoms with Crippen molar-refractivity contribution in [1.29, 1.82) is 0 Å². The first-order valence-corrected chi connectivity index (χ1v) is 7.88. The molecule has 0 aliphatic heterocycles. The Morgan fingerprint density at radius 1 is 1.40 bits per heavy atom. The predicted molar refractivity (Wildman–Crippen MR) is 85.8 cm³/mol. The number of aryl methyl sites for hydroxylation is 2. The third-order valence-electron chi connectivity index (χ3n) is 3.02. The maximum absolute atomic E-state index is 12.1. The lowest BCUT2D eigenvalue weighted by Gasteiger charge is -2.07. The van der Waals surface area contributed by atoms with Gasteiger partial charge in [0.2, 0.25) is 0 Å². The number of carbonyl (C=O) groups is 1. The Hall–Kier alpha value is -1.14. The molecule has 0 aliphatic carbocycles. The highest BCUT2D eigenvalue weighted by molar-refractivity contribution is 9.11. The molecule has 0 fully saturated rings. The standard InChI is InChI=1S/C14H15Br2N3O/c1-9-10(8-18-19-9)3-2-6-17-14(20)12-7-11(15)4-5-13(12)16/h4-5,7-8H,2-3,6H2,1H3,(H,17,20)(H,18,19). The molecule has 0 bridgehead atoms. The molecule has 1 aromatic heterocycles. The van der Waals surface area contributed by atoms with Gasteiger partial charge in [0.05, 0.1) is 11.8 Å². The molecule has 0 radical (unpaired) electrons. The number of halogens is 2. The molecule has 0 unspecified atom stereocenters. The van der Waals surface area contributed by atoms with Crippen molar-refractivity contribution in [3.05, 3.63) is 50.2 Å². The third kappa shape index (κ3) is 3.93. The van der Waals surface area contributed by atoms with Crippen molar-refractivity contribution in [3.8, 4) is 0 Å². The van der Waals surface area contributed by atoms with Gasteiger partial charge in [0.15, 0.2) is 0 Å². The number of H-pyrrole nitrogens is 1. The van der Waals surface area contributed by atoms with Crippen molar-refractivity contribution in [2.24, 2.45) is 0 Å². The van der Waals surface area contributed by atoms with Gasteiger partial charge in [-0.05, 0) is 59.5 Å². The van der Waals surface area contributed by atoms with E-state index in [-0.39, 0.29) is 5.91 Å². The first-order chi connectivity index (χ1) is 9.58. The highest BCUT2D eigenvalue weighted by Gasteiger charge is 2.10. The van der Waals surface area contributed by atoms with Crippen molar-refractivity contribution in [1.82, 2.24) is 15.5 Å². The van der Waals surface area contributed by atoms with Crippen LogP contribution in [-0.2, 0) is 6.42 Å². The van der Waals surface area contributed by atoms with E-state index >= 15 is 0 Å². The molecule has 0 spiro atoms. The van der Waals surface area contributed by atoms with Crippen LogP contribution in [-0.4, -0.2) is 22.6 Å². The average molecular weight is 401 g/mol. The maximum Gasteiger partial charge on any atom is 0.252 e. The van der Waals surface area contributed by atoms with Crippen molar-refractivity contribution in [2.45, 2.75) is 19.8 Å². The van der Waals surface area contributed by atoms with Crippen LogP contribution in [0.15, 0.2) is 33.3 Å². The first kappa shape index (κ1) is 15.3. The normalized spacial score (nSPS) is 10.6. The topological polar surface area (TPSA) is 57.8 Å². The molecule has 6 heteroatoms. The van der Waals surface area contributed by atoms with Gasteiger partial charge in [0, 0.05) is 21.2 Å². The van der Waals surface area contributed by atoms with Crippen LogP contribution in [0.4, 0.5) is 0 Å². The Morgan fingerprint density at radius 3 is 2.90 bits per heavy atom. The van der Waals surface area contributed by atoms with Crippen molar-refractivity contribution in [3.63, 3.8) is 0 Å². The number of nitrogens with one attached hydrogen (secondary N) is 2. The second-order valence-corrected chi connectivity index (χ2v) is 6.27. The van der Waals surface area contributed by atoms with Crippen molar-refractivity contribution >= 4 is 37.8 Å². The number of aromatic nitrogens is 2. The summed E-state index contributed by atoms with van der Waals surface area (Å²) in [6.07, 6.45) is 3.63. The van der Waals surface area contributed by atoms with E-state index in [2.05, 4.69) is 47.4 Å². The van der Waals surface area contributed by atoms with Crippen LogP contribution in [0.3, 0.4) is 0 Å². The summed E-state index contributed by atoms with van der Waals surface area (Å²) in [6.45, 7) is 2.64. The molecule has 20 heavy (non-hydrogen) atoms. The Kier molecular flexibility index (Phi) is 5.37. The van der Waals surface area contributed by atoms with Crippen LogP contribution in [0, 0.1) is 6.92 Å². The molecule has 1 heterocycles. The van der Waals surface area contributed by atoms with E-state index < -0.39 is 0 Å². The first-order valence-electron chi connectivity index (χ1n) is 6.30. The molecule has 2 N–H and O–H groups in total. The minimum Gasteiger partial charge on any atom is -0.352 e. The lowest BCUT2D eigenvalue weighted by Crippen LogP contribution is -2.25. The van der Waals surface area contributed by atoms with Crippen LogP contribution in [0.25, 0.3) is 0 Å². The number of hydrogen-bond acceptors (Lipinski definition) is 2. The predicted octanol–water partition coefficient (Wildman–Crippen LogP) is 3.61. The molecule has 0 saturated heterocycles. The Balaban J connectivity index is 1.83. The Bertz CT molecular complexity index is 610. The van der Waals surface area contributed by atoms with Gasteiger partial charge in [-0.2, -0.15) is 5.10 Å². The number of rotatable bonds is 5. The second-order valence-electron chi connectivity index (χ2n) is 4.50. The zero-order chi connectivity index (χ0) is 14.5. The summed E-state index contributed by atoms with van der Waals surface area (Å²) >= 11 is 6.76. The third-order valence-corrected chi connectivity index (χ3v) is 4.20. The Morgan fingerprint density at radius 2 is 2.20 bits per heavy atom. The number of hydrogen-bond donors (Lipinski definition) is 2. The van der Waals surface area contributed by atoms with Gasteiger partial charge < -0.3 is 5.32 Å². The number of benzene rings is 1. The summed E-state index contributed by atoms with van der Waals surface area (Å²) in [5.41, 5.74) is 2.92. The number of carbonyl (C=O) groups excluding carboxylic acids is 1. The quantitative estimate of drug-likeness (QED) is 0.753. The van der Waals surface area contributed by atoms with Crippen LogP contribution in [0.5, 0.6) is 0 Å². The largest absolute Gasteiger partial charge is 0.352 e. The fourth-order valence-corrected chi connectivity index (χ4v) is 2.66. The molecule has 106 valence electrons. The van der Waals surface area contributed by atoms with Crippen LogP contribution in [0.1, 0.15) is 28.0 Å². The number of nitrogens with zero attached hydrogens (tertiary/aromatic N) is 1. The minimum atomic E-state index is -0.0675. The lowest BCUT2D eigenvalue weighted by atomic mass is 10.1. The van der Waals surface area contributed by atoms with Gasteiger partial charge in [0.25, 0.3) is 5.91 Å². The van der Waals surface area contributed by atoms with Crippen molar-refractivity contribution < 1.29 is 4.79 Å². The molecule has 4 nitrogen and oxygen atoms in total. The van der Waals surface area contributed by atoms with E-state index in [0.29, 0.717) is 12.1 Å². The van der Waals surface area contributed by atoms with E-state index in [0.717, 1.165) is 27.5 Å². The lowest BCUT2D eigenvalue weighted by molar-refractivity contribution is 0.0952. The van der Waals surface area contributed by atoms with Gasteiger partial charge in [0.1, 0.15) is 0 Å². The highest BCUT2D eigenvalue weighted by Crippen LogP contribution is 2.21. The fourth-order valence-electron chi connectivity index (χ4n) is 1.88. The van der Waals surface area contributed by atoms with Crippen molar-refractivity contribution in [2.75, 3.05) is 6.54 Å². The monoisotopic (exact) mass is 399 g/mol. The van der Waals surface area contributed by atoms with Gasteiger partial charge in [-0.25, -0.2) is 0 Å². The smallest absolute Gasteiger partial charge is 0.252 e. The van der Waals surface area contributed by atoms with Gasteiger partial charge in [-0.1, -0.05) is 15.9 Å². The fraction of sp³-hybridized carbons (Fsp3) is 0.286.